The van der Waals surface area contributed by atoms with Gasteiger partial charge >= 0.3 is 0 Å². The quantitative estimate of drug-likeness (QED) is 0.462. The van der Waals surface area contributed by atoms with Crippen molar-refractivity contribution in [2.75, 3.05) is 0 Å². The Kier molecular flexibility index (Phi) is 3.63. The van der Waals surface area contributed by atoms with Gasteiger partial charge < -0.3 is 8.83 Å². The van der Waals surface area contributed by atoms with Crippen LogP contribution in [-0.4, -0.2) is 5.78 Å². The van der Waals surface area contributed by atoms with Crippen molar-refractivity contribution in [3.05, 3.63) is 65.5 Å². The fraction of sp³-hybridized carbons (Fsp3) is 0.133. The molecule has 0 fully saturated rings. The molecular weight excluding hydrogens is 228 g/mol. The number of rotatable bonds is 4. The van der Waals surface area contributed by atoms with E-state index >= 15 is 0 Å². The molecule has 0 bridgehead atoms. The first-order chi connectivity index (χ1) is 8.66. The molecule has 2 heterocycles. The summed E-state index contributed by atoms with van der Waals surface area (Å²) in [6, 6.07) is 3.58. The Labute approximate surface area is 105 Å². The van der Waals surface area contributed by atoms with Crippen LogP contribution in [-0.2, 0) is 0 Å². The summed E-state index contributed by atoms with van der Waals surface area (Å²) >= 11 is 0. The van der Waals surface area contributed by atoms with Gasteiger partial charge in [0.2, 0.25) is 5.78 Å². The van der Waals surface area contributed by atoms with Crippen LogP contribution >= 0.6 is 0 Å². The maximum absolute atomic E-state index is 11.9. The van der Waals surface area contributed by atoms with Crippen molar-refractivity contribution >= 4 is 11.9 Å². The molecule has 0 atom stereocenters. The van der Waals surface area contributed by atoms with E-state index in [-0.39, 0.29) is 5.78 Å². The van der Waals surface area contributed by atoms with Crippen molar-refractivity contribution < 1.29 is 13.6 Å². The smallest absolute Gasteiger partial charge is 0.223 e. The second-order valence-corrected chi connectivity index (χ2v) is 4.08. The summed E-state index contributed by atoms with van der Waals surface area (Å²) in [5.41, 5.74) is 2.53. The minimum atomic E-state index is -0.0973. The predicted molar refractivity (Wildman–Crippen MR) is 69.3 cm³/mol. The minimum Gasteiger partial charge on any atom is -0.472 e. The van der Waals surface area contributed by atoms with E-state index in [1.807, 2.05) is 25.1 Å². The van der Waals surface area contributed by atoms with Crippen molar-refractivity contribution in [2.24, 2.45) is 0 Å². The summed E-state index contributed by atoms with van der Waals surface area (Å²) in [7, 11) is 0. The van der Waals surface area contributed by atoms with E-state index in [0.29, 0.717) is 11.3 Å². The highest BCUT2D eigenvalue weighted by atomic mass is 16.3. The molecule has 3 heteroatoms. The molecule has 0 saturated heterocycles. The first-order valence-electron chi connectivity index (χ1n) is 5.64. The largest absolute Gasteiger partial charge is 0.472 e. The first-order valence-corrected chi connectivity index (χ1v) is 5.64. The van der Waals surface area contributed by atoms with Gasteiger partial charge in [-0.2, -0.15) is 0 Å². The number of carbonyl (C=O) groups excluding carboxylic acids is 1. The molecule has 92 valence electrons. The van der Waals surface area contributed by atoms with Gasteiger partial charge in [0.1, 0.15) is 0 Å². The SMILES string of the molecule is CC(=CC=Cc1ccoc1)C(=O)c1cc(C)co1. The lowest BCUT2D eigenvalue weighted by atomic mass is 10.1. The molecule has 0 N–H and O–H groups in total. The number of Topliss-reactive ketones (excluding diaryl/α,β-unsaturated/α-hetero) is 1. The van der Waals surface area contributed by atoms with Crippen LogP contribution in [0, 0.1) is 6.92 Å². The normalized spacial score (nSPS) is 12.2. The standard InChI is InChI=1S/C15H14O3/c1-11-8-14(18-9-11)15(16)12(2)4-3-5-13-6-7-17-10-13/h3-10H,1-2H3. The van der Waals surface area contributed by atoms with Gasteiger partial charge in [0.05, 0.1) is 18.8 Å². The highest BCUT2D eigenvalue weighted by Crippen LogP contribution is 2.12. The van der Waals surface area contributed by atoms with Crippen LogP contribution in [0.3, 0.4) is 0 Å². The first kappa shape index (κ1) is 12.2. The second kappa shape index (κ2) is 5.36. The summed E-state index contributed by atoms with van der Waals surface area (Å²) in [6.45, 7) is 3.65. The monoisotopic (exact) mass is 242 g/mol. The van der Waals surface area contributed by atoms with Gasteiger partial charge in [-0.05, 0) is 31.5 Å². The lowest BCUT2D eigenvalue weighted by molar-refractivity contribution is 0.100. The zero-order valence-corrected chi connectivity index (χ0v) is 10.3. The number of aryl methyl sites for hydroxylation is 1. The molecule has 0 aliphatic rings. The van der Waals surface area contributed by atoms with Gasteiger partial charge in [0, 0.05) is 11.1 Å². The fourth-order valence-electron chi connectivity index (χ4n) is 1.49. The van der Waals surface area contributed by atoms with Crippen molar-refractivity contribution in [1.82, 2.24) is 0 Å². The zero-order chi connectivity index (χ0) is 13.0. The van der Waals surface area contributed by atoms with Crippen LogP contribution in [0.1, 0.15) is 28.6 Å². The Morgan fingerprint density at radius 2 is 2.17 bits per heavy atom. The molecule has 0 aliphatic heterocycles. The van der Waals surface area contributed by atoms with E-state index in [1.165, 1.54) is 0 Å². The molecule has 3 nitrogen and oxygen atoms in total. The van der Waals surface area contributed by atoms with Gasteiger partial charge in [0.25, 0.3) is 0 Å². The third kappa shape index (κ3) is 2.88. The number of hydrogen-bond acceptors (Lipinski definition) is 3. The van der Waals surface area contributed by atoms with Crippen LogP contribution < -0.4 is 0 Å². The Balaban J connectivity index is 2.07. The molecule has 2 aromatic heterocycles. The molecule has 2 aromatic rings. The molecule has 18 heavy (non-hydrogen) atoms. The van der Waals surface area contributed by atoms with Gasteiger partial charge in [0.15, 0.2) is 5.76 Å². The van der Waals surface area contributed by atoms with Crippen LogP contribution in [0.15, 0.2) is 57.5 Å². The van der Waals surface area contributed by atoms with Crippen molar-refractivity contribution in [3.63, 3.8) is 0 Å². The summed E-state index contributed by atoms with van der Waals surface area (Å²) in [5.74, 6) is 0.276. The van der Waals surface area contributed by atoms with Crippen molar-refractivity contribution in [1.29, 1.82) is 0 Å². The van der Waals surface area contributed by atoms with E-state index in [0.717, 1.165) is 11.1 Å². The molecule has 2 rings (SSSR count). The number of allylic oxidation sites excluding steroid dienone is 3. The van der Waals surface area contributed by atoms with E-state index in [9.17, 15) is 4.79 Å². The summed E-state index contributed by atoms with van der Waals surface area (Å²) < 4.78 is 10.1. The highest BCUT2D eigenvalue weighted by molar-refractivity contribution is 6.06. The lowest BCUT2D eigenvalue weighted by Crippen LogP contribution is -1.97. The fourth-order valence-corrected chi connectivity index (χ4v) is 1.49. The minimum absolute atomic E-state index is 0.0973. The molecule has 0 aromatic carbocycles. The van der Waals surface area contributed by atoms with Crippen LogP contribution in [0.25, 0.3) is 6.08 Å². The van der Waals surface area contributed by atoms with Crippen molar-refractivity contribution in [2.45, 2.75) is 13.8 Å². The van der Waals surface area contributed by atoms with Gasteiger partial charge in [-0.15, -0.1) is 0 Å². The molecular formula is C15H14O3. The number of ketones is 1. The lowest BCUT2D eigenvalue weighted by Gasteiger charge is -1.94. The topological polar surface area (TPSA) is 43.4 Å². The average molecular weight is 242 g/mol. The number of hydrogen-bond donors (Lipinski definition) is 0. The van der Waals surface area contributed by atoms with Gasteiger partial charge in [-0.3, -0.25) is 4.79 Å². The van der Waals surface area contributed by atoms with Gasteiger partial charge in [-0.25, -0.2) is 0 Å². The predicted octanol–water partition coefficient (Wildman–Crippen LogP) is 4.02. The Morgan fingerprint density at radius 3 is 2.78 bits per heavy atom. The van der Waals surface area contributed by atoms with Crippen LogP contribution in [0.5, 0.6) is 0 Å². The Morgan fingerprint density at radius 1 is 1.33 bits per heavy atom. The van der Waals surface area contributed by atoms with Crippen molar-refractivity contribution in [3.8, 4) is 0 Å². The van der Waals surface area contributed by atoms with Gasteiger partial charge in [-0.1, -0.05) is 18.2 Å². The molecule has 0 unspecified atom stereocenters. The average Bonchev–Trinajstić information content (AvgIpc) is 2.99. The molecule has 0 aliphatic carbocycles. The third-order valence-corrected chi connectivity index (χ3v) is 2.49. The Hall–Kier alpha value is -2.29. The zero-order valence-electron chi connectivity index (χ0n) is 10.3. The van der Waals surface area contributed by atoms with Crippen LogP contribution in [0.2, 0.25) is 0 Å². The molecule has 0 saturated carbocycles. The molecule has 0 spiro atoms. The summed E-state index contributed by atoms with van der Waals surface area (Å²) in [5, 5.41) is 0. The number of furan rings is 2. The summed E-state index contributed by atoms with van der Waals surface area (Å²) in [6.07, 6.45) is 10.3. The molecule has 0 amide bonds. The Bertz CT molecular complexity index is 583. The highest BCUT2D eigenvalue weighted by Gasteiger charge is 2.11. The van der Waals surface area contributed by atoms with E-state index in [2.05, 4.69) is 0 Å². The van der Waals surface area contributed by atoms with E-state index in [1.54, 1.807) is 37.9 Å². The van der Waals surface area contributed by atoms with E-state index < -0.39 is 0 Å². The molecule has 0 radical (unpaired) electrons. The third-order valence-electron chi connectivity index (χ3n) is 2.49. The van der Waals surface area contributed by atoms with E-state index in [4.69, 9.17) is 8.83 Å². The maximum Gasteiger partial charge on any atom is 0.223 e. The second-order valence-electron chi connectivity index (χ2n) is 4.08. The van der Waals surface area contributed by atoms with Crippen LogP contribution in [0.4, 0.5) is 0 Å². The number of carbonyl (C=O) groups is 1. The summed E-state index contributed by atoms with van der Waals surface area (Å²) in [4.78, 5) is 11.9. The maximum atomic E-state index is 11.9.